The van der Waals surface area contributed by atoms with Crippen molar-refractivity contribution in [3.05, 3.63) is 0 Å². The number of carbonyl (C=O) groups is 2. The highest BCUT2D eigenvalue weighted by Gasteiger charge is 2.24. The van der Waals surface area contributed by atoms with Crippen molar-refractivity contribution in [2.75, 3.05) is 0 Å². The van der Waals surface area contributed by atoms with Crippen molar-refractivity contribution in [2.45, 2.75) is 32.7 Å². The molecule has 1 atom stereocenters. The molecule has 0 aromatic carbocycles. The molecular weight excluding hydrogens is 176 g/mol. The topological polar surface area (TPSA) is 52.6 Å². The molecule has 0 radical (unpaired) electrons. The molecule has 5 heteroatoms. The number of hydrogen-bond donors (Lipinski definition) is 0. The number of hydrogen-bond acceptors (Lipinski definition) is 4. The van der Waals surface area contributed by atoms with Gasteiger partial charge in [0.2, 0.25) is 8.32 Å². The average molecular weight is 190 g/mol. The maximum Gasteiger partial charge on any atom is 0.333 e. The van der Waals surface area contributed by atoms with Crippen LogP contribution in [0.5, 0.6) is 0 Å². The van der Waals surface area contributed by atoms with E-state index in [-0.39, 0.29) is 6.47 Å². The zero-order valence-electron chi connectivity index (χ0n) is 7.79. The van der Waals surface area contributed by atoms with Crippen molar-refractivity contribution in [1.82, 2.24) is 0 Å². The minimum atomic E-state index is -1.86. The summed E-state index contributed by atoms with van der Waals surface area (Å²) in [5.74, 6) is -0.471. The molecule has 0 aromatic heterocycles. The normalized spacial score (nSPS) is 13.3. The van der Waals surface area contributed by atoms with E-state index in [0.717, 1.165) is 0 Å². The fourth-order valence-corrected chi connectivity index (χ4v) is 1.29. The van der Waals surface area contributed by atoms with Crippen molar-refractivity contribution in [3.63, 3.8) is 0 Å². The third kappa shape index (κ3) is 4.89. The van der Waals surface area contributed by atoms with E-state index in [0.29, 0.717) is 0 Å². The summed E-state index contributed by atoms with van der Waals surface area (Å²) in [6.45, 7) is 7.39. The smallest absolute Gasteiger partial charge is 0.333 e. The Morgan fingerprint density at radius 3 is 2.25 bits per heavy atom. The van der Waals surface area contributed by atoms with Crippen molar-refractivity contribution in [2.24, 2.45) is 0 Å². The molecular formula is C7H14O4Si. The van der Waals surface area contributed by atoms with Gasteiger partial charge in [0.05, 0.1) is 0 Å². The van der Waals surface area contributed by atoms with E-state index >= 15 is 0 Å². The Labute approximate surface area is 73.0 Å². The van der Waals surface area contributed by atoms with Crippen molar-refractivity contribution >= 4 is 20.8 Å². The van der Waals surface area contributed by atoms with Crippen LogP contribution in [0.25, 0.3) is 0 Å². The Kier molecular flexibility index (Phi) is 3.95. The summed E-state index contributed by atoms with van der Waals surface area (Å²) in [4.78, 5) is 20.9. The van der Waals surface area contributed by atoms with Crippen LogP contribution in [0.2, 0.25) is 19.6 Å². The lowest BCUT2D eigenvalue weighted by atomic mass is 10.4. The standard InChI is InChI=1S/C7H14O4Si/c1-6(10-5-8)7(9)11-12(2,3)4/h5-6H,1-4H3. The molecule has 0 bridgehead atoms. The van der Waals surface area contributed by atoms with Gasteiger partial charge in [0.15, 0.2) is 6.10 Å². The van der Waals surface area contributed by atoms with Gasteiger partial charge < -0.3 is 9.16 Å². The molecule has 0 spiro atoms. The van der Waals surface area contributed by atoms with Crippen LogP contribution in [0.4, 0.5) is 0 Å². The van der Waals surface area contributed by atoms with E-state index in [9.17, 15) is 9.59 Å². The largest absolute Gasteiger partial charge is 0.517 e. The first-order valence-electron chi connectivity index (χ1n) is 3.69. The first kappa shape index (κ1) is 11.2. The van der Waals surface area contributed by atoms with E-state index in [1.165, 1.54) is 6.92 Å². The molecule has 0 heterocycles. The molecule has 0 aliphatic rings. The van der Waals surface area contributed by atoms with E-state index in [2.05, 4.69) is 4.74 Å². The summed E-state index contributed by atoms with van der Waals surface area (Å²) in [6.07, 6.45) is -0.797. The van der Waals surface area contributed by atoms with Crippen LogP contribution in [-0.4, -0.2) is 26.9 Å². The van der Waals surface area contributed by atoms with Gasteiger partial charge in [-0.1, -0.05) is 0 Å². The summed E-state index contributed by atoms with van der Waals surface area (Å²) in [5, 5.41) is 0. The van der Waals surface area contributed by atoms with Gasteiger partial charge in [-0.25, -0.2) is 4.79 Å². The van der Waals surface area contributed by atoms with Crippen LogP contribution in [0.1, 0.15) is 6.92 Å². The molecule has 70 valence electrons. The molecule has 0 amide bonds. The molecule has 0 aliphatic heterocycles. The summed E-state index contributed by atoms with van der Waals surface area (Å²) in [7, 11) is -1.86. The second kappa shape index (κ2) is 4.25. The van der Waals surface area contributed by atoms with Crippen molar-refractivity contribution in [1.29, 1.82) is 0 Å². The summed E-state index contributed by atoms with van der Waals surface area (Å²) >= 11 is 0. The summed E-state index contributed by atoms with van der Waals surface area (Å²) < 4.78 is 9.48. The van der Waals surface area contributed by atoms with Gasteiger partial charge in [-0.3, -0.25) is 4.79 Å². The van der Waals surface area contributed by atoms with Crippen LogP contribution in [0.15, 0.2) is 0 Å². The highest BCUT2D eigenvalue weighted by molar-refractivity contribution is 6.71. The molecule has 0 saturated heterocycles. The van der Waals surface area contributed by atoms with E-state index in [1.807, 2.05) is 19.6 Å². The number of rotatable bonds is 4. The molecule has 0 aliphatic carbocycles. The molecule has 4 nitrogen and oxygen atoms in total. The molecule has 0 saturated carbocycles. The lowest BCUT2D eigenvalue weighted by molar-refractivity contribution is -0.153. The van der Waals surface area contributed by atoms with E-state index in [4.69, 9.17) is 4.43 Å². The quantitative estimate of drug-likeness (QED) is 0.489. The van der Waals surface area contributed by atoms with Crippen LogP contribution in [0.3, 0.4) is 0 Å². The first-order chi connectivity index (χ1) is 5.37. The monoisotopic (exact) mass is 190 g/mol. The van der Waals surface area contributed by atoms with Crippen molar-refractivity contribution < 1.29 is 18.8 Å². The van der Waals surface area contributed by atoms with Crippen LogP contribution in [0, 0.1) is 0 Å². The Bertz CT molecular complexity index is 173. The third-order valence-electron chi connectivity index (χ3n) is 0.998. The molecule has 0 rings (SSSR count). The maximum atomic E-state index is 11.1. The van der Waals surface area contributed by atoms with Crippen molar-refractivity contribution in [3.8, 4) is 0 Å². The zero-order chi connectivity index (χ0) is 9.78. The first-order valence-corrected chi connectivity index (χ1v) is 7.09. The molecule has 12 heavy (non-hydrogen) atoms. The Hall–Kier alpha value is -0.843. The second-order valence-corrected chi connectivity index (χ2v) is 7.84. The summed E-state index contributed by atoms with van der Waals surface area (Å²) in [6, 6.07) is 0. The van der Waals surface area contributed by atoms with Crippen LogP contribution in [-0.2, 0) is 18.8 Å². The van der Waals surface area contributed by atoms with Gasteiger partial charge in [-0.15, -0.1) is 0 Å². The highest BCUT2D eigenvalue weighted by atomic mass is 28.4. The molecule has 0 aromatic rings. The Balaban J connectivity index is 3.95. The predicted octanol–water partition coefficient (Wildman–Crippen LogP) is 0.926. The van der Waals surface area contributed by atoms with Gasteiger partial charge in [-0.05, 0) is 26.6 Å². The SMILES string of the molecule is CC(OC=O)C(=O)O[Si](C)(C)C. The number of ether oxygens (including phenoxy) is 1. The Morgan fingerprint density at radius 1 is 1.42 bits per heavy atom. The average Bonchev–Trinajstić information content (AvgIpc) is 1.84. The van der Waals surface area contributed by atoms with Crippen LogP contribution < -0.4 is 0 Å². The minimum absolute atomic E-state index is 0.246. The minimum Gasteiger partial charge on any atom is -0.517 e. The second-order valence-electron chi connectivity index (χ2n) is 3.41. The van der Waals surface area contributed by atoms with E-state index < -0.39 is 20.4 Å². The van der Waals surface area contributed by atoms with Crippen LogP contribution >= 0.6 is 0 Å². The predicted molar refractivity (Wildman–Crippen MR) is 46.0 cm³/mol. The molecule has 0 fully saturated rings. The van der Waals surface area contributed by atoms with Gasteiger partial charge in [-0.2, -0.15) is 0 Å². The third-order valence-corrected chi connectivity index (χ3v) is 1.81. The fourth-order valence-electron chi connectivity index (χ4n) is 0.524. The van der Waals surface area contributed by atoms with Gasteiger partial charge in [0.1, 0.15) is 0 Å². The fraction of sp³-hybridized carbons (Fsp3) is 0.714. The maximum absolute atomic E-state index is 11.1. The lowest BCUT2D eigenvalue weighted by Crippen LogP contribution is -2.35. The van der Waals surface area contributed by atoms with Gasteiger partial charge >= 0.3 is 5.97 Å². The highest BCUT2D eigenvalue weighted by Crippen LogP contribution is 2.05. The zero-order valence-corrected chi connectivity index (χ0v) is 8.79. The lowest BCUT2D eigenvalue weighted by Gasteiger charge is -2.19. The van der Waals surface area contributed by atoms with Gasteiger partial charge in [0, 0.05) is 0 Å². The summed E-state index contributed by atoms with van der Waals surface area (Å²) in [5.41, 5.74) is 0. The Morgan fingerprint density at radius 2 is 1.92 bits per heavy atom. The van der Waals surface area contributed by atoms with Gasteiger partial charge in [0.25, 0.3) is 6.47 Å². The van der Waals surface area contributed by atoms with E-state index in [1.54, 1.807) is 0 Å². The number of carbonyl (C=O) groups excluding carboxylic acids is 2. The molecule has 1 unspecified atom stereocenters. The molecule has 0 N–H and O–H groups in total.